The molecule has 0 amide bonds. The Kier molecular flexibility index (Phi) is 7.16. The van der Waals surface area contributed by atoms with Gasteiger partial charge in [0.2, 0.25) is 11.7 Å². The lowest BCUT2D eigenvalue weighted by atomic mass is 10.1. The molecular formula is C24H24F2N6O2S. The molecule has 11 heteroatoms. The van der Waals surface area contributed by atoms with Gasteiger partial charge in [0, 0.05) is 37.3 Å². The van der Waals surface area contributed by atoms with Gasteiger partial charge < -0.3 is 13.8 Å². The van der Waals surface area contributed by atoms with Gasteiger partial charge in [0.05, 0.1) is 19.0 Å². The number of aryl methyl sites for hydroxylation is 1. The molecule has 35 heavy (non-hydrogen) atoms. The highest BCUT2D eigenvalue weighted by Crippen LogP contribution is 2.27. The molecule has 0 radical (unpaired) electrons. The van der Waals surface area contributed by atoms with Crippen molar-refractivity contribution in [2.24, 2.45) is 0 Å². The highest BCUT2D eigenvalue weighted by Gasteiger charge is 2.19. The van der Waals surface area contributed by atoms with Crippen LogP contribution in [0.1, 0.15) is 11.5 Å². The fourth-order valence-electron chi connectivity index (χ4n) is 3.76. The Balaban J connectivity index is 1.33. The largest absolute Gasteiger partial charge is 0.379 e. The van der Waals surface area contributed by atoms with E-state index in [0.717, 1.165) is 38.4 Å². The maximum absolute atomic E-state index is 13.9. The molecule has 0 spiro atoms. The standard InChI is InChI=1S/C24H24F2N6O2S/c1-16-2-3-18(14-20(16)26)22-27-21(34-30-22)15-35-24-29-28-23(17-4-6-19(25)7-5-17)32(24)9-8-31-10-12-33-13-11-31/h2-7,14H,8-13,15H2,1H3. The zero-order chi connectivity index (χ0) is 24.2. The molecule has 4 aromatic rings. The molecule has 0 saturated carbocycles. The summed E-state index contributed by atoms with van der Waals surface area (Å²) >= 11 is 1.42. The number of benzene rings is 2. The van der Waals surface area contributed by atoms with Gasteiger partial charge in [-0.25, -0.2) is 8.78 Å². The molecule has 3 heterocycles. The van der Waals surface area contributed by atoms with Gasteiger partial charge in [-0.3, -0.25) is 4.90 Å². The number of rotatable bonds is 8. The average Bonchev–Trinajstić information content (AvgIpc) is 3.51. The van der Waals surface area contributed by atoms with E-state index in [0.29, 0.717) is 46.1 Å². The number of nitrogens with zero attached hydrogens (tertiary/aromatic N) is 6. The summed E-state index contributed by atoms with van der Waals surface area (Å²) in [6.07, 6.45) is 0. The molecule has 1 aliphatic heterocycles. The number of hydrogen-bond donors (Lipinski definition) is 0. The molecule has 0 bridgehead atoms. The van der Waals surface area contributed by atoms with Gasteiger partial charge >= 0.3 is 0 Å². The molecule has 0 aliphatic carbocycles. The first-order valence-electron chi connectivity index (χ1n) is 11.3. The minimum absolute atomic E-state index is 0.302. The second-order valence-electron chi connectivity index (χ2n) is 8.18. The summed E-state index contributed by atoms with van der Waals surface area (Å²) in [4.78, 5) is 6.73. The van der Waals surface area contributed by atoms with Crippen LogP contribution in [-0.2, 0) is 17.0 Å². The topological polar surface area (TPSA) is 82.1 Å². The molecular weight excluding hydrogens is 474 g/mol. The summed E-state index contributed by atoms with van der Waals surface area (Å²) in [5.41, 5.74) is 1.90. The Morgan fingerprint density at radius 2 is 1.74 bits per heavy atom. The maximum Gasteiger partial charge on any atom is 0.237 e. The maximum atomic E-state index is 13.9. The minimum atomic E-state index is -0.315. The molecule has 1 fully saturated rings. The molecule has 1 saturated heterocycles. The van der Waals surface area contributed by atoms with Crippen LogP contribution in [0.25, 0.3) is 22.8 Å². The lowest BCUT2D eigenvalue weighted by Crippen LogP contribution is -2.38. The molecule has 1 aliphatic rings. The molecule has 2 aromatic heterocycles. The van der Waals surface area contributed by atoms with Crippen LogP contribution in [0.2, 0.25) is 0 Å². The van der Waals surface area contributed by atoms with Crippen LogP contribution in [0.15, 0.2) is 52.1 Å². The lowest BCUT2D eigenvalue weighted by molar-refractivity contribution is 0.0361. The summed E-state index contributed by atoms with van der Waals surface area (Å²) in [7, 11) is 0. The normalized spacial score (nSPS) is 14.5. The van der Waals surface area contributed by atoms with Gasteiger partial charge in [-0.1, -0.05) is 29.1 Å². The van der Waals surface area contributed by atoms with Gasteiger partial charge in [-0.15, -0.1) is 10.2 Å². The summed E-state index contributed by atoms with van der Waals surface area (Å²) in [5.74, 6) is 1.16. The van der Waals surface area contributed by atoms with Crippen molar-refractivity contribution in [3.8, 4) is 22.8 Å². The Labute approximate surface area is 205 Å². The predicted molar refractivity (Wildman–Crippen MR) is 127 cm³/mol. The van der Waals surface area contributed by atoms with Crippen LogP contribution < -0.4 is 0 Å². The number of morpholine rings is 1. The van der Waals surface area contributed by atoms with E-state index in [2.05, 4.69) is 25.2 Å². The number of thioether (sulfide) groups is 1. The molecule has 8 nitrogen and oxygen atoms in total. The smallest absolute Gasteiger partial charge is 0.237 e. The van der Waals surface area contributed by atoms with E-state index in [1.165, 1.54) is 30.0 Å². The van der Waals surface area contributed by atoms with Crippen molar-refractivity contribution in [1.29, 1.82) is 0 Å². The van der Waals surface area contributed by atoms with Crippen LogP contribution >= 0.6 is 11.8 Å². The van der Waals surface area contributed by atoms with Crippen LogP contribution in [-0.4, -0.2) is 62.7 Å². The van der Waals surface area contributed by atoms with Crippen molar-refractivity contribution >= 4 is 11.8 Å². The number of halogens is 2. The Morgan fingerprint density at radius 1 is 0.971 bits per heavy atom. The van der Waals surface area contributed by atoms with Crippen LogP contribution in [0.3, 0.4) is 0 Å². The lowest BCUT2D eigenvalue weighted by Gasteiger charge is -2.27. The Bertz CT molecular complexity index is 1290. The molecule has 0 atom stereocenters. The fraction of sp³-hybridized carbons (Fsp3) is 0.333. The molecule has 2 aromatic carbocycles. The summed E-state index contributed by atoms with van der Waals surface area (Å²) in [5, 5.41) is 13.4. The van der Waals surface area contributed by atoms with Crippen molar-refractivity contribution in [3.63, 3.8) is 0 Å². The molecule has 182 valence electrons. The van der Waals surface area contributed by atoms with Crippen LogP contribution in [0.4, 0.5) is 8.78 Å². The van der Waals surface area contributed by atoms with E-state index in [4.69, 9.17) is 9.26 Å². The van der Waals surface area contributed by atoms with E-state index < -0.39 is 0 Å². The molecule has 0 N–H and O–H groups in total. The first-order chi connectivity index (χ1) is 17.1. The van der Waals surface area contributed by atoms with Gasteiger partial charge in [0.15, 0.2) is 11.0 Å². The second kappa shape index (κ2) is 10.6. The number of ether oxygens (including phenoxy) is 1. The van der Waals surface area contributed by atoms with Gasteiger partial charge in [-0.05, 0) is 42.8 Å². The van der Waals surface area contributed by atoms with E-state index in [-0.39, 0.29) is 11.6 Å². The SMILES string of the molecule is Cc1ccc(-c2noc(CSc3nnc(-c4ccc(F)cc4)n3CCN3CCOCC3)n2)cc1F. The molecule has 5 rings (SSSR count). The minimum Gasteiger partial charge on any atom is -0.379 e. The van der Waals surface area contributed by atoms with Crippen molar-refractivity contribution in [1.82, 2.24) is 29.8 Å². The number of hydrogen-bond acceptors (Lipinski definition) is 8. The van der Waals surface area contributed by atoms with E-state index in [1.54, 1.807) is 31.2 Å². The zero-order valence-electron chi connectivity index (χ0n) is 19.2. The monoisotopic (exact) mass is 498 g/mol. The third-order valence-electron chi connectivity index (χ3n) is 5.79. The predicted octanol–water partition coefficient (Wildman–Crippen LogP) is 4.21. The molecule has 0 unspecified atom stereocenters. The fourth-order valence-corrected chi connectivity index (χ4v) is 4.57. The first-order valence-corrected chi connectivity index (χ1v) is 12.3. The van der Waals surface area contributed by atoms with E-state index in [9.17, 15) is 8.78 Å². The van der Waals surface area contributed by atoms with Gasteiger partial charge in [-0.2, -0.15) is 4.98 Å². The van der Waals surface area contributed by atoms with Crippen molar-refractivity contribution in [2.45, 2.75) is 24.4 Å². The van der Waals surface area contributed by atoms with E-state index >= 15 is 0 Å². The highest BCUT2D eigenvalue weighted by atomic mass is 32.2. The first kappa shape index (κ1) is 23.6. The van der Waals surface area contributed by atoms with Crippen molar-refractivity contribution in [2.75, 3.05) is 32.8 Å². The van der Waals surface area contributed by atoms with Crippen molar-refractivity contribution in [3.05, 3.63) is 65.6 Å². The van der Waals surface area contributed by atoms with Crippen LogP contribution in [0.5, 0.6) is 0 Å². The second-order valence-corrected chi connectivity index (χ2v) is 9.13. The van der Waals surface area contributed by atoms with Gasteiger partial charge in [0.25, 0.3) is 0 Å². The quantitative estimate of drug-likeness (QED) is 0.334. The highest BCUT2D eigenvalue weighted by molar-refractivity contribution is 7.98. The number of aromatic nitrogens is 5. The summed E-state index contributed by atoms with van der Waals surface area (Å²) in [6, 6.07) is 11.1. The third kappa shape index (κ3) is 5.58. The van der Waals surface area contributed by atoms with Crippen LogP contribution in [0, 0.1) is 18.6 Å². The van der Waals surface area contributed by atoms with Gasteiger partial charge in [0.1, 0.15) is 11.6 Å². The Morgan fingerprint density at radius 3 is 2.51 bits per heavy atom. The summed E-state index contributed by atoms with van der Waals surface area (Å²) < 4.78 is 40.2. The van der Waals surface area contributed by atoms with Crippen molar-refractivity contribution < 1.29 is 18.0 Å². The average molecular weight is 499 g/mol. The van der Waals surface area contributed by atoms with E-state index in [1.807, 2.05) is 4.57 Å². The summed E-state index contributed by atoms with van der Waals surface area (Å²) in [6.45, 7) is 6.37. The Hall–Kier alpha value is -3.15. The third-order valence-corrected chi connectivity index (χ3v) is 6.74. The zero-order valence-corrected chi connectivity index (χ0v) is 20.0.